The number of benzene rings is 2. The van der Waals surface area contributed by atoms with Crippen LogP contribution in [-0.4, -0.2) is 100 Å². The summed E-state index contributed by atoms with van der Waals surface area (Å²) in [6, 6.07) is 16.4. The van der Waals surface area contributed by atoms with Gasteiger partial charge in [-0.15, -0.1) is 0 Å². The van der Waals surface area contributed by atoms with Crippen LogP contribution in [-0.2, 0) is 29.8 Å². The van der Waals surface area contributed by atoms with E-state index in [2.05, 4.69) is 62.5 Å². The van der Waals surface area contributed by atoms with Crippen molar-refractivity contribution >= 4 is 17.3 Å². The number of ether oxygens (including phenoxy) is 4. The number of nitrogens with one attached hydrogen (secondary N) is 1. The average molecular weight is 701 g/mol. The van der Waals surface area contributed by atoms with E-state index in [1.807, 2.05) is 7.11 Å². The predicted molar refractivity (Wildman–Crippen MR) is 194 cm³/mol. The molecule has 6 fully saturated rings. The van der Waals surface area contributed by atoms with E-state index in [1.54, 1.807) is 18.4 Å². The number of nitrogens with zero attached hydrogens (tertiary/aromatic N) is 3. The number of hydrogen-bond acceptors (Lipinski definition) is 9. The zero-order valence-electron chi connectivity index (χ0n) is 30.3. The summed E-state index contributed by atoms with van der Waals surface area (Å²) in [7, 11) is 3.40. The molecular formula is C43H48N4O5. The summed E-state index contributed by atoms with van der Waals surface area (Å²) in [6.45, 7) is 6.83. The SMILES string of the molecule is COC(=O)C1=C2Nc3ccccc3C23CCN2CC4(CC5=C6N(C4)c4c(OC)cccc4C64CCN6CCC7OCCC7(C5)C64)C4OCCC4(C1)C23. The summed E-state index contributed by atoms with van der Waals surface area (Å²) in [5.41, 5.74) is 9.97. The van der Waals surface area contributed by atoms with Crippen molar-refractivity contribution in [2.45, 2.75) is 86.5 Å². The van der Waals surface area contributed by atoms with Gasteiger partial charge in [-0.25, -0.2) is 4.79 Å². The third kappa shape index (κ3) is 3.01. The molecule has 52 heavy (non-hydrogen) atoms. The molecule has 9 nitrogen and oxygen atoms in total. The van der Waals surface area contributed by atoms with Gasteiger partial charge in [0.1, 0.15) is 5.75 Å². The van der Waals surface area contributed by atoms with Crippen molar-refractivity contribution in [2.75, 3.05) is 70.4 Å². The lowest BCUT2D eigenvalue weighted by atomic mass is 9.47. The molecule has 0 bridgehead atoms. The van der Waals surface area contributed by atoms with E-state index in [0.717, 1.165) is 114 Å². The fraction of sp³-hybridized carbons (Fsp3) is 0.605. The second-order valence-corrected chi connectivity index (χ2v) is 18.4. The second kappa shape index (κ2) is 9.46. The van der Waals surface area contributed by atoms with E-state index in [4.69, 9.17) is 18.9 Å². The maximum atomic E-state index is 14.0. The lowest BCUT2D eigenvalue weighted by molar-refractivity contribution is -0.152. The molecule has 0 radical (unpaired) electrons. The minimum absolute atomic E-state index is 0.0197. The number of hydrogen-bond donors (Lipinski definition) is 1. The van der Waals surface area contributed by atoms with E-state index in [-0.39, 0.29) is 45.2 Å². The summed E-state index contributed by atoms with van der Waals surface area (Å²) in [4.78, 5) is 22.5. The molecule has 13 rings (SSSR count). The van der Waals surface area contributed by atoms with Gasteiger partial charge in [-0.3, -0.25) is 9.80 Å². The third-order valence-electron chi connectivity index (χ3n) is 16.9. The van der Waals surface area contributed by atoms with Crippen LogP contribution in [0.15, 0.2) is 65.0 Å². The number of rotatable bonds is 2. The van der Waals surface area contributed by atoms with Crippen LogP contribution in [0.25, 0.3) is 0 Å². The van der Waals surface area contributed by atoms with Gasteiger partial charge in [0.15, 0.2) is 0 Å². The van der Waals surface area contributed by atoms with Crippen LogP contribution >= 0.6 is 0 Å². The first-order valence-electron chi connectivity index (χ1n) is 20.0. The molecule has 2 aromatic carbocycles. The smallest absolute Gasteiger partial charge is 0.335 e. The van der Waals surface area contributed by atoms with E-state index < -0.39 is 0 Å². The molecule has 0 saturated carbocycles. The Bertz CT molecular complexity index is 2080. The Labute approximate surface area is 305 Å². The first-order valence-corrected chi connectivity index (χ1v) is 20.0. The Morgan fingerprint density at radius 3 is 2.54 bits per heavy atom. The number of piperidine rings is 2. The van der Waals surface area contributed by atoms with Crippen LogP contribution in [0.3, 0.4) is 0 Å². The molecule has 9 heterocycles. The van der Waals surface area contributed by atoms with Crippen molar-refractivity contribution in [3.63, 3.8) is 0 Å². The molecule has 0 aromatic heterocycles. The lowest BCUT2D eigenvalue weighted by Gasteiger charge is -2.65. The van der Waals surface area contributed by atoms with Crippen molar-refractivity contribution < 1.29 is 23.7 Å². The highest BCUT2D eigenvalue weighted by atomic mass is 16.5. The maximum absolute atomic E-state index is 14.0. The minimum atomic E-state index is -0.265. The Balaban J connectivity index is 1.03. The van der Waals surface area contributed by atoms with Crippen LogP contribution in [0.5, 0.6) is 5.75 Å². The molecule has 1 N–H and O–H groups in total. The topological polar surface area (TPSA) is 75.7 Å². The van der Waals surface area contributed by atoms with Crippen molar-refractivity contribution in [1.29, 1.82) is 0 Å². The van der Waals surface area contributed by atoms with E-state index in [0.29, 0.717) is 18.6 Å². The highest BCUT2D eigenvalue weighted by Crippen LogP contribution is 2.75. The van der Waals surface area contributed by atoms with Crippen molar-refractivity contribution in [1.82, 2.24) is 9.80 Å². The number of para-hydroxylation sites is 2. The third-order valence-corrected chi connectivity index (χ3v) is 16.9. The molecule has 0 amide bonds. The molecule has 2 aliphatic carbocycles. The van der Waals surface area contributed by atoms with Crippen molar-refractivity contribution in [2.24, 2.45) is 16.2 Å². The number of carbonyl (C=O) groups excluding carboxylic acids is 1. The lowest BCUT2D eigenvalue weighted by Crippen LogP contribution is -2.72. The van der Waals surface area contributed by atoms with Gasteiger partial charge in [0.05, 0.1) is 48.5 Å². The van der Waals surface area contributed by atoms with Gasteiger partial charge in [-0.1, -0.05) is 30.3 Å². The summed E-state index contributed by atoms with van der Waals surface area (Å²) >= 11 is 0. The van der Waals surface area contributed by atoms with E-state index in [1.165, 1.54) is 16.8 Å². The molecule has 9 aliphatic heterocycles. The van der Waals surface area contributed by atoms with Gasteiger partial charge in [0.2, 0.25) is 0 Å². The van der Waals surface area contributed by atoms with Gasteiger partial charge < -0.3 is 29.2 Å². The second-order valence-electron chi connectivity index (χ2n) is 18.4. The number of carbonyl (C=O) groups is 1. The normalized spacial score (nSPS) is 44.1. The first-order chi connectivity index (χ1) is 25.4. The summed E-state index contributed by atoms with van der Waals surface area (Å²) in [5, 5.41) is 3.81. The number of methoxy groups -OCH3 is 2. The van der Waals surface area contributed by atoms with Gasteiger partial charge >= 0.3 is 5.97 Å². The Hall–Kier alpha value is -3.37. The molecule has 6 saturated heterocycles. The number of fused-ring (bicyclic) bond motifs is 4. The molecule has 5 spiro atoms. The minimum Gasteiger partial charge on any atom is -0.495 e. The molecule has 270 valence electrons. The number of esters is 1. The predicted octanol–water partition coefficient (Wildman–Crippen LogP) is 5.11. The molecule has 2 aromatic rings. The zero-order valence-corrected chi connectivity index (χ0v) is 30.3. The highest BCUT2D eigenvalue weighted by molar-refractivity contribution is 5.93. The monoisotopic (exact) mass is 700 g/mol. The average Bonchev–Trinajstić information content (AvgIpc) is 4.02. The van der Waals surface area contributed by atoms with Crippen LogP contribution in [0.1, 0.15) is 62.5 Å². The zero-order chi connectivity index (χ0) is 34.4. The Morgan fingerprint density at radius 2 is 1.63 bits per heavy atom. The highest BCUT2D eigenvalue weighted by Gasteiger charge is 2.77. The van der Waals surface area contributed by atoms with Gasteiger partial charge in [0, 0.05) is 78.3 Å². The van der Waals surface area contributed by atoms with Gasteiger partial charge in [-0.05, 0) is 93.3 Å². The largest absolute Gasteiger partial charge is 0.495 e. The Morgan fingerprint density at radius 1 is 0.827 bits per heavy atom. The fourth-order valence-corrected chi connectivity index (χ4v) is 16.1. The molecule has 9 unspecified atom stereocenters. The van der Waals surface area contributed by atoms with Crippen LogP contribution in [0.2, 0.25) is 0 Å². The van der Waals surface area contributed by atoms with Gasteiger partial charge in [0.25, 0.3) is 0 Å². The number of anilines is 2. The molecule has 11 aliphatic rings. The number of allylic oxidation sites excluding steroid dienone is 1. The molecular weight excluding hydrogens is 652 g/mol. The standard InChI is InChI=1S/C43H48N4O5/c1-49-30-9-5-7-28-32(30)47-24-39(20-25-21-40-13-18-51-31(40)10-15-45-16-12-43(28,34(25)47)36(40)45)23-46-17-11-42-27-6-3-4-8-29(27)44-33(42)26(35(48)50-2)22-41(37(42)46)14-19-52-38(39)41/h3-9,31,36-38,44H,10-24H2,1-2H3. The van der Waals surface area contributed by atoms with Crippen LogP contribution in [0.4, 0.5) is 11.4 Å². The molecule has 9 heteroatoms. The molecule has 9 atom stereocenters. The first kappa shape index (κ1) is 30.0. The summed E-state index contributed by atoms with van der Waals surface area (Å²) < 4.78 is 25.9. The van der Waals surface area contributed by atoms with Crippen molar-refractivity contribution in [3.05, 3.63) is 76.1 Å². The summed E-state index contributed by atoms with van der Waals surface area (Å²) in [5.74, 6) is 0.809. The maximum Gasteiger partial charge on any atom is 0.335 e. The summed E-state index contributed by atoms with van der Waals surface area (Å²) in [6.07, 6.45) is 8.62. The van der Waals surface area contributed by atoms with Crippen LogP contribution < -0.4 is 15.0 Å². The van der Waals surface area contributed by atoms with Crippen molar-refractivity contribution in [3.8, 4) is 5.75 Å². The van der Waals surface area contributed by atoms with E-state index >= 15 is 0 Å². The van der Waals surface area contributed by atoms with Gasteiger partial charge in [-0.2, -0.15) is 0 Å². The fourth-order valence-electron chi connectivity index (χ4n) is 16.1. The quantitative estimate of drug-likeness (QED) is 0.431. The van der Waals surface area contributed by atoms with E-state index in [9.17, 15) is 4.79 Å². The Kier molecular flexibility index (Phi) is 5.46. The van der Waals surface area contributed by atoms with Crippen LogP contribution in [0, 0.1) is 16.2 Å².